The third-order valence-corrected chi connectivity index (χ3v) is 3.26. The number of nitrogens with zero attached hydrogens (tertiary/aromatic N) is 1. The zero-order valence-electron chi connectivity index (χ0n) is 10.6. The van der Waals surface area contributed by atoms with Gasteiger partial charge in [0.2, 0.25) is 11.8 Å². The maximum absolute atomic E-state index is 12.4. The van der Waals surface area contributed by atoms with Gasteiger partial charge in [-0.2, -0.15) is 0 Å². The number of carbonyl (C=O) groups is 2. The van der Waals surface area contributed by atoms with Gasteiger partial charge in [0, 0.05) is 13.1 Å². The number of hydrogen-bond acceptors (Lipinski definition) is 2. The number of benzene rings is 1. The summed E-state index contributed by atoms with van der Waals surface area (Å²) < 4.78 is 0. The number of piperazine rings is 1. The zero-order valence-corrected chi connectivity index (χ0v) is 10.6. The first-order valence-corrected chi connectivity index (χ1v) is 6.32. The summed E-state index contributed by atoms with van der Waals surface area (Å²) in [5.41, 5.74) is 1.02. The van der Waals surface area contributed by atoms with Crippen LogP contribution in [0, 0.1) is 0 Å². The maximum Gasteiger partial charge on any atom is 0.239 e. The second-order valence-corrected chi connectivity index (χ2v) is 4.48. The lowest BCUT2D eigenvalue weighted by molar-refractivity contribution is -0.139. The summed E-state index contributed by atoms with van der Waals surface area (Å²) in [5.74, 6) is -0.159. The first kappa shape index (κ1) is 12.6. The Morgan fingerprint density at radius 2 is 2.11 bits per heavy atom. The van der Waals surface area contributed by atoms with Gasteiger partial charge in [0.1, 0.15) is 0 Å². The molecule has 18 heavy (non-hydrogen) atoms. The highest BCUT2D eigenvalue weighted by Gasteiger charge is 2.27. The lowest BCUT2D eigenvalue weighted by Gasteiger charge is -2.30. The van der Waals surface area contributed by atoms with E-state index in [1.54, 1.807) is 4.90 Å². The van der Waals surface area contributed by atoms with Gasteiger partial charge in [-0.15, -0.1) is 0 Å². The molecule has 96 valence electrons. The van der Waals surface area contributed by atoms with Gasteiger partial charge in [-0.25, -0.2) is 0 Å². The summed E-state index contributed by atoms with van der Waals surface area (Å²) in [6.45, 7) is 3.34. The molecule has 1 N–H and O–H groups in total. The van der Waals surface area contributed by atoms with Crippen molar-refractivity contribution < 1.29 is 9.59 Å². The van der Waals surface area contributed by atoms with E-state index >= 15 is 0 Å². The molecule has 1 aromatic carbocycles. The van der Waals surface area contributed by atoms with Crippen molar-refractivity contribution in [2.45, 2.75) is 19.3 Å². The van der Waals surface area contributed by atoms with Crippen LogP contribution in [0.4, 0.5) is 0 Å². The molecule has 1 unspecified atom stereocenters. The van der Waals surface area contributed by atoms with Crippen LogP contribution in [0.25, 0.3) is 0 Å². The van der Waals surface area contributed by atoms with Crippen molar-refractivity contribution in [1.29, 1.82) is 0 Å². The van der Waals surface area contributed by atoms with E-state index in [-0.39, 0.29) is 24.3 Å². The topological polar surface area (TPSA) is 49.4 Å². The molecule has 1 fully saturated rings. The predicted molar refractivity (Wildman–Crippen MR) is 69.1 cm³/mol. The Kier molecular flexibility index (Phi) is 3.97. The molecule has 0 saturated carbocycles. The Balaban J connectivity index is 2.13. The summed E-state index contributed by atoms with van der Waals surface area (Å²) in [6.07, 6.45) is 0.751. The Morgan fingerprint density at radius 1 is 1.39 bits per heavy atom. The monoisotopic (exact) mass is 246 g/mol. The summed E-state index contributed by atoms with van der Waals surface area (Å²) in [4.78, 5) is 25.4. The van der Waals surface area contributed by atoms with Crippen LogP contribution < -0.4 is 5.32 Å². The average Bonchev–Trinajstić information content (AvgIpc) is 2.41. The van der Waals surface area contributed by atoms with Crippen LogP contribution in [0.5, 0.6) is 0 Å². The van der Waals surface area contributed by atoms with Gasteiger partial charge in [-0.05, 0) is 12.0 Å². The van der Waals surface area contributed by atoms with Crippen molar-refractivity contribution in [2.24, 2.45) is 0 Å². The Hall–Kier alpha value is -1.84. The van der Waals surface area contributed by atoms with Crippen LogP contribution in [0.3, 0.4) is 0 Å². The van der Waals surface area contributed by atoms with Crippen LogP contribution >= 0.6 is 0 Å². The van der Waals surface area contributed by atoms with Gasteiger partial charge in [0.15, 0.2) is 0 Å². The zero-order chi connectivity index (χ0) is 13.0. The van der Waals surface area contributed by atoms with Crippen LogP contribution in [0.2, 0.25) is 0 Å². The molecular weight excluding hydrogens is 228 g/mol. The number of amides is 2. The van der Waals surface area contributed by atoms with Crippen LogP contribution in [0.1, 0.15) is 24.8 Å². The van der Waals surface area contributed by atoms with E-state index in [0.717, 1.165) is 12.0 Å². The minimum absolute atomic E-state index is 0.0542. The lowest BCUT2D eigenvalue weighted by atomic mass is 9.95. The number of nitrogens with one attached hydrogen (secondary N) is 1. The van der Waals surface area contributed by atoms with Crippen molar-refractivity contribution in [1.82, 2.24) is 10.2 Å². The van der Waals surface area contributed by atoms with E-state index < -0.39 is 0 Å². The molecule has 4 nitrogen and oxygen atoms in total. The molecule has 1 atom stereocenters. The van der Waals surface area contributed by atoms with Gasteiger partial charge in [0.05, 0.1) is 12.5 Å². The van der Waals surface area contributed by atoms with Crippen molar-refractivity contribution in [2.75, 3.05) is 19.6 Å². The summed E-state index contributed by atoms with van der Waals surface area (Å²) in [7, 11) is 0. The molecule has 1 heterocycles. The first-order chi connectivity index (χ1) is 8.72. The smallest absolute Gasteiger partial charge is 0.239 e. The normalized spacial score (nSPS) is 17.2. The highest BCUT2D eigenvalue weighted by molar-refractivity contribution is 5.89. The van der Waals surface area contributed by atoms with E-state index in [0.29, 0.717) is 13.1 Å². The molecule has 0 spiro atoms. The lowest BCUT2D eigenvalue weighted by Crippen LogP contribution is -2.51. The van der Waals surface area contributed by atoms with Crippen molar-refractivity contribution in [3.63, 3.8) is 0 Å². The molecular formula is C14H18N2O2. The number of hydrogen-bond donors (Lipinski definition) is 1. The predicted octanol–water partition coefficient (Wildman–Crippen LogP) is 1.14. The molecule has 1 aromatic rings. The molecule has 0 radical (unpaired) electrons. The van der Waals surface area contributed by atoms with Crippen molar-refractivity contribution >= 4 is 11.8 Å². The third kappa shape index (κ3) is 2.70. The van der Waals surface area contributed by atoms with Gasteiger partial charge >= 0.3 is 0 Å². The van der Waals surface area contributed by atoms with Crippen LogP contribution in [0.15, 0.2) is 30.3 Å². The standard InChI is InChI=1S/C14H18N2O2/c1-2-12(11-6-4-3-5-7-11)14(18)16-9-8-15-13(17)10-16/h3-7,12H,2,8-10H2,1H3,(H,15,17). The second kappa shape index (κ2) is 5.67. The molecule has 2 rings (SSSR count). The summed E-state index contributed by atoms with van der Waals surface area (Å²) in [5, 5.41) is 2.73. The summed E-state index contributed by atoms with van der Waals surface area (Å²) in [6, 6.07) is 9.75. The van der Waals surface area contributed by atoms with E-state index in [9.17, 15) is 9.59 Å². The minimum Gasteiger partial charge on any atom is -0.353 e. The number of rotatable bonds is 3. The van der Waals surface area contributed by atoms with E-state index in [1.807, 2.05) is 37.3 Å². The van der Waals surface area contributed by atoms with E-state index in [1.165, 1.54) is 0 Å². The van der Waals surface area contributed by atoms with Crippen molar-refractivity contribution in [3.05, 3.63) is 35.9 Å². The molecule has 0 bridgehead atoms. The molecule has 1 aliphatic heterocycles. The summed E-state index contributed by atoms with van der Waals surface area (Å²) >= 11 is 0. The number of carbonyl (C=O) groups excluding carboxylic acids is 2. The van der Waals surface area contributed by atoms with Crippen LogP contribution in [-0.2, 0) is 9.59 Å². The van der Waals surface area contributed by atoms with E-state index in [2.05, 4.69) is 5.32 Å². The SMILES string of the molecule is CCC(C(=O)N1CCNC(=O)C1)c1ccccc1. The molecule has 2 amide bonds. The largest absolute Gasteiger partial charge is 0.353 e. The fourth-order valence-corrected chi connectivity index (χ4v) is 2.29. The first-order valence-electron chi connectivity index (χ1n) is 6.32. The highest BCUT2D eigenvalue weighted by atomic mass is 16.2. The molecule has 0 aliphatic carbocycles. The third-order valence-electron chi connectivity index (χ3n) is 3.26. The fraction of sp³-hybridized carbons (Fsp3) is 0.429. The molecule has 0 aromatic heterocycles. The maximum atomic E-state index is 12.4. The van der Waals surface area contributed by atoms with Gasteiger partial charge < -0.3 is 10.2 Å². The molecule has 4 heteroatoms. The van der Waals surface area contributed by atoms with Gasteiger partial charge in [-0.3, -0.25) is 9.59 Å². The molecule has 1 saturated heterocycles. The highest BCUT2D eigenvalue weighted by Crippen LogP contribution is 2.22. The van der Waals surface area contributed by atoms with E-state index in [4.69, 9.17) is 0 Å². The Bertz CT molecular complexity index is 431. The van der Waals surface area contributed by atoms with Crippen LogP contribution in [-0.4, -0.2) is 36.3 Å². The van der Waals surface area contributed by atoms with Crippen molar-refractivity contribution in [3.8, 4) is 0 Å². The van der Waals surface area contributed by atoms with Gasteiger partial charge in [0.25, 0.3) is 0 Å². The Morgan fingerprint density at radius 3 is 2.72 bits per heavy atom. The minimum atomic E-state index is -0.142. The Labute approximate surface area is 107 Å². The average molecular weight is 246 g/mol. The van der Waals surface area contributed by atoms with Gasteiger partial charge in [-0.1, -0.05) is 37.3 Å². The second-order valence-electron chi connectivity index (χ2n) is 4.48. The molecule has 1 aliphatic rings. The quantitative estimate of drug-likeness (QED) is 0.869. The fourth-order valence-electron chi connectivity index (χ4n) is 2.29.